The zero-order valence-corrected chi connectivity index (χ0v) is 19.7. The van der Waals surface area contributed by atoms with Crippen LogP contribution < -0.4 is 16.9 Å². The molecule has 11 heteroatoms. The smallest absolute Gasteiger partial charge is 0.284 e. The number of pyridine rings is 1. The lowest BCUT2D eigenvalue weighted by Crippen LogP contribution is -2.14. The molecule has 2 aromatic carbocycles. The van der Waals surface area contributed by atoms with E-state index in [9.17, 15) is 13.4 Å². The third-order valence-corrected chi connectivity index (χ3v) is 6.23. The van der Waals surface area contributed by atoms with E-state index in [-0.39, 0.29) is 16.3 Å². The van der Waals surface area contributed by atoms with Crippen molar-refractivity contribution in [1.29, 1.82) is 5.41 Å². The molecule has 33 heavy (non-hydrogen) atoms. The first kappa shape index (κ1) is 24.4. The van der Waals surface area contributed by atoms with Crippen LogP contribution in [0.3, 0.4) is 0 Å². The summed E-state index contributed by atoms with van der Waals surface area (Å²) >= 11 is 1.47. The van der Waals surface area contributed by atoms with E-state index < -0.39 is 22.8 Å². The maximum atomic E-state index is 14.9. The van der Waals surface area contributed by atoms with Crippen molar-refractivity contribution in [2.45, 2.75) is 11.8 Å². The standard InChI is InChI=1S/C22H19BrFN5O3S/c1-12(13-3-2-4-15(9-13)21(25)26)20(24)22(30)29-18-6-5-14(10-17(18)23)16-7-8-28-11-19(16)33(31)32-27/h2-11H,27H2,1H3,(H3,25,26)(H,29,30)/b20-12+. The van der Waals surface area contributed by atoms with Crippen molar-refractivity contribution >= 4 is 50.0 Å². The van der Waals surface area contributed by atoms with Crippen molar-refractivity contribution in [2.75, 3.05) is 5.32 Å². The van der Waals surface area contributed by atoms with Crippen molar-refractivity contribution in [3.63, 3.8) is 0 Å². The molecule has 1 amide bonds. The van der Waals surface area contributed by atoms with Gasteiger partial charge in [-0.05, 0) is 63.8 Å². The molecule has 1 aromatic heterocycles. The number of nitrogens with two attached hydrogens (primary N) is 2. The zero-order chi connectivity index (χ0) is 24.1. The van der Waals surface area contributed by atoms with E-state index in [1.807, 2.05) is 0 Å². The topological polar surface area (TPSA) is 144 Å². The fraction of sp³-hybridized carbons (Fsp3) is 0.0455. The molecule has 0 aliphatic heterocycles. The number of hydrogen-bond donors (Lipinski definition) is 4. The lowest BCUT2D eigenvalue weighted by molar-refractivity contribution is -0.114. The number of benzene rings is 2. The Bertz CT molecular complexity index is 1300. The third kappa shape index (κ3) is 5.57. The van der Waals surface area contributed by atoms with Crippen molar-refractivity contribution in [2.24, 2.45) is 11.6 Å². The molecule has 6 N–H and O–H groups in total. The van der Waals surface area contributed by atoms with Crippen LogP contribution >= 0.6 is 15.9 Å². The van der Waals surface area contributed by atoms with Gasteiger partial charge in [-0.1, -0.05) is 24.3 Å². The number of allylic oxidation sites excluding steroid dienone is 1. The molecule has 3 aromatic rings. The summed E-state index contributed by atoms with van der Waals surface area (Å²) < 4.78 is 31.7. The number of carbonyl (C=O) groups excluding carboxylic acids is 1. The number of nitrogens with one attached hydrogen (secondary N) is 2. The van der Waals surface area contributed by atoms with Gasteiger partial charge in [0.05, 0.1) is 10.6 Å². The van der Waals surface area contributed by atoms with E-state index in [0.717, 1.165) is 0 Å². The molecule has 1 heterocycles. The zero-order valence-electron chi connectivity index (χ0n) is 17.3. The summed E-state index contributed by atoms with van der Waals surface area (Å²) in [7, 11) is 0. The molecule has 8 nitrogen and oxygen atoms in total. The molecule has 0 spiro atoms. The minimum atomic E-state index is -1.90. The summed E-state index contributed by atoms with van der Waals surface area (Å²) in [5, 5.41) is 10.0. The number of rotatable bonds is 7. The van der Waals surface area contributed by atoms with Crippen molar-refractivity contribution in [3.05, 3.63) is 82.4 Å². The minimum absolute atomic E-state index is 0.106. The summed E-state index contributed by atoms with van der Waals surface area (Å²) in [4.78, 5) is 16.7. The third-order valence-electron chi connectivity index (χ3n) is 4.71. The molecule has 3 rings (SSSR count). The van der Waals surface area contributed by atoms with Crippen LogP contribution in [-0.4, -0.2) is 20.9 Å². The van der Waals surface area contributed by atoms with Crippen LogP contribution in [0.25, 0.3) is 16.7 Å². The molecule has 0 bridgehead atoms. The molecular formula is C22H19BrFN5O3S. The second kappa shape index (κ2) is 10.6. The van der Waals surface area contributed by atoms with Gasteiger partial charge >= 0.3 is 0 Å². The van der Waals surface area contributed by atoms with E-state index in [1.165, 1.54) is 25.4 Å². The second-order valence-corrected chi connectivity index (χ2v) is 8.74. The number of nitrogens with zero attached hydrogens (tertiary/aromatic N) is 1. The summed E-state index contributed by atoms with van der Waals surface area (Å²) in [5.74, 6) is 2.97. The molecule has 0 saturated carbocycles. The predicted molar refractivity (Wildman–Crippen MR) is 129 cm³/mol. The van der Waals surface area contributed by atoms with Crippen LogP contribution in [-0.2, 0) is 20.2 Å². The Hall–Kier alpha value is -3.25. The number of amidine groups is 1. The van der Waals surface area contributed by atoms with Gasteiger partial charge in [-0.3, -0.25) is 15.2 Å². The van der Waals surface area contributed by atoms with Crippen LogP contribution in [0.4, 0.5) is 10.1 Å². The van der Waals surface area contributed by atoms with Gasteiger partial charge in [-0.15, -0.1) is 0 Å². The summed E-state index contributed by atoms with van der Waals surface area (Å²) in [5.41, 5.74) is 8.00. The monoisotopic (exact) mass is 531 g/mol. The number of anilines is 1. The second-order valence-electron chi connectivity index (χ2n) is 6.78. The van der Waals surface area contributed by atoms with Crippen LogP contribution in [0.5, 0.6) is 0 Å². The van der Waals surface area contributed by atoms with Crippen LogP contribution in [0.1, 0.15) is 18.1 Å². The normalized spacial score (nSPS) is 12.6. The highest BCUT2D eigenvalue weighted by Gasteiger charge is 2.17. The lowest BCUT2D eigenvalue weighted by atomic mass is 10.0. The highest BCUT2D eigenvalue weighted by molar-refractivity contribution is 9.10. The first-order valence-corrected chi connectivity index (χ1v) is 11.2. The lowest BCUT2D eigenvalue weighted by Gasteiger charge is -2.12. The SMILES string of the molecule is C/C(=C(\F)C(=O)Nc1ccc(-c2ccncc2S(=O)ON)cc1Br)c1cccc(C(=N)N)c1. The number of hydrogen-bond acceptors (Lipinski definition) is 6. The van der Waals surface area contributed by atoms with Gasteiger partial charge in [0.1, 0.15) is 5.84 Å². The summed E-state index contributed by atoms with van der Waals surface area (Å²) in [6.07, 6.45) is 2.91. The van der Waals surface area contributed by atoms with E-state index in [4.69, 9.17) is 17.0 Å². The molecule has 0 aliphatic rings. The van der Waals surface area contributed by atoms with Gasteiger partial charge in [0.15, 0.2) is 5.83 Å². The van der Waals surface area contributed by atoms with E-state index in [0.29, 0.717) is 32.4 Å². The molecule has 0 fully saturated rings. The molecular weight excluding hydrogens is 513 g/mol. The fourth-order valence-corrected chi connectivity index (χ4v) is 4.08. The van der Waals surface area contributed by atoms with Crippen molar-refractivity contribution in [3.8, 4) is 11.1 Å². The van der Waals surface area contributed by atoms with Gasteiger partial charge in [-0.2, -0.15) is 10.2 Å². The highest BCUT2D eigenvalue weighted by Crippen LogP contribution is 2.32. The molecule has 1 unspecified atom stereocenters. The number of amides is 1. The molecule has 0 aliphatic carbocycles. The number of nitrogen functional groups attached to an aromatic ring is 1. The van der Waals surface area contributed by atoms with Gasteiger partial charge in [0, 0.05) is 28.0 Å². The van der Waals surface area contributed by atoms with Gasteiger partial charge in [-0.25, -0.2) is 8.60 Å². The van der Waals surface area contributed by atoms with Crippen LogP contribution in [0.2, 0.25) is 0 Å². The van der Waals surface area contributed by atoms with Crippen molar-refractivity contribution < 1.29 is 17.7 Å². The Kier molecular flexibility index (Phi) is 7.82. The Morgan fingerprint density at radius 3 is 2.61 bits per heavy atom. The molecule has 0 radical (unpaired) electrons. The van der Waals surface area contributed by atoms with E-state index in [2.05, 4.69) is 30.5 Å². The predicted octanol–water partition coefficient (Wildman–Crippen LogP) is 4.05. The largest absolute Gasteiger partial charge is 0.384 e. The van der Waals surface area contributed by atoms with Gasteiger partial charge in [0.25, 0.3) is 5.91 Å². The van der Waals surface area contributed by atoms with Crippen molar-refractivity contribution in [1.82, 2.24) is 4.98 Å². The average molecular weight is 532 g/mol. The maximum Gasteiger partial charge on any atom is 0.284 e. The number of carbonyl (C=O) groups is 1. The number of halogens is 2. The quantitative estimate of drug-likeness (QED) is 0.156. The van der Waals surface area contributed by atoms with E-state index in [1.54, 1.807) is 42.5 Å². The molecule has 0 saturated heterocycles. The Morgan fingerprint density at radius 1 is 1.21 bits per heavy atom. The fourth-order valence-electron chi connectivity index (χ4n) is 2.98. The Morgan fingerprint density at radius 2 is 1.94 bits per heavy atom. The van der Waals surface area contributed by atoms with Crippen LogP contribution in [0.15, 0.2) is 76.1 Å². The van der Waals surface area contributed by atoms with Gasteiger partial charge in [0.2, 0.25) is 11.1 Å². The average Bonchev–Trinajstić information content (AvgIpc) is 2.83. The Labute approximate surface area is 200 Å². The summed E-state index contributed by atoms with van der Waals surface area (Å²) in [6.45, 7) is 1.47. The van der Waals surface area contributed by atoms with E-state index >= 15 is 0 Å². The van der Waals surface area contributed by atoms with Crippen LogP contribution in [0, 0.1) is 5.41 Å². The molecule has 170 valence electrons. The molecule has 1 atom stereocenters. The number of aromatic nitrogens is 1. The Balaban J connectivity index is 1.87. The van der Waals surface area contributed by atoms with Gasteiger partial charge < -0.3 is 11.1 Å². The summed E-state index contributed by atoms with van der Waals surface area (Å²) in [6, 6.07) is 13.0. The first-order valence-electron chi connectivity index (χ1n) is 9.38. The highest BCUT2D eigenvalue weighted by atomic mass is 79.9. The maximum absolute atomic E-state index is 14.9. The first-order chi connectivity index (χ1) is 15.7. The minimum Gasteiger partial charge on any atom is -0.384 e.